The molecule has 0 spiro atoms. The first-order valence-electron chi connectivity index (χ1n) is 7.48. The average molecular weight is 391 g/mol. The molecule has 0 radical (unpaired) electrons. The van der Waals surface area contributed by atoms with Gasteiger partial charge in [0.05, 0.1) is 6.54 Å². The quantitative estimate of drug-likeness (QED) is 0.635. The summed E-state index contributed by atoms with van der Waals surface area (Å²) in [5.41, 5.74) is 3.68. The molecule has 0 aliphatic rings. The number of rotatable bonds is 4. The summed E-state index contributed by atoms with van der Waals surface area (Å²) in [6.45, 7) is 2.18. The van der Waals surface area contributed by atoms with E-state index in [1.807, 2.05) is 23.8 Å². The number of thiophene rings is 2. The van der Waals surface area contributed by atoms with Gasteiger partial charge in [-0.1, -0.05) is 17.7 Å². The van der Waals surface area contributed by atoms with Gasteiger partial charge in [-0.25, -0.2) is 0 Å². The minimum atomic E-state index is -0.713. The topological polar surface area (TPSA) is 58.2 Å². The van der Waals surface area contributed by atoms with E-state index in [9.17, 15) is 9.59 Å². The molecule has 0 bridgehead atoms. The van der Waals surface area contributed by atoms with Crippen molar-refractivity contribution in [3.8, 4) is 11.1 Å². The lowest BCUT2D eigenvalue weighted by molar-refractivity contribution is -0.136. The van der Waals surface area contributed by atoms with Gasteiger partial charge in [0.25, 0.3) is 0 Å². The summed E-state index contributed by atoms with van der Waals surface area (Å²) in [4.78, 5) is 24.9. The van der Waals surface area contributed by atoms with Crippen LogP contribution in [0.3, 0.4) is 0 Å². The first-order chi connectivity index (χ1) is 12.0. The number of nitrogens with one attached hydrogen (secondary N) is 2. The monoisotopic (exact) mass is 390 g/mol. The van der Waals surface area contributed by atoms with Crippen LogP contribution in [0.5, 0.6) is 0 Å². The Morgan fingerprint density at radius 2 is 1.92 bits per heavy atom. The first kappa shape index (κ1) is 17.7. The van der Waals surface area contributed by atoms with Crippen LogP contribution >= 0.6 is 34.3 Å². The highest BCUT2D eigenvalue weighted by atomic mass is 35.5. The number of halogens is 1. The van der Waals surface area contributed by atoms with E-state index in [1.54, 1.807) is 40.9 Å². The van der Waals surface area contributed by atoms with Crippen LogP contribution in [0.4, 0.5) is 5.69 Å². The SMILES string of the molecule is Cc1ccc(NC(=O)C(=O)NCc2cc(-c3ccsc3)cs2)cc1Cl. The lowest BCUT2D eigenvalue weighted by Crippen LogP contribution is -2.34. The van der Waals surface area contributed by atoms with Crippen LogP contribution in [0.25, 0.3) is 11.1 Å². The normalized spacial score (nSPS) is 10.5. The number of amides is 2. The van der Waals surface area contributed by atoms with Crippen LogP contribution in [0.1, 0.15) is 10.4 Å². The molecular weight excluding hydrogens is 376 g/mol. The number of anilines is 1. The van der Waals surface area contributed by atoms with E-state index in [4.69, 9.17) is 11.6 Å². The fraction of sp³-hybridized carbons (Fsp3) is 0.111. The number of carbonyl (C=O) groups excluding carboxylic acids is 2. The number of benzene rings is 1. The molecule has 3 rings (SSSR count). The van der Waals surface area contributed by atoms with Gasteiger partial charge < -0.3 is 10.6 Å². The summed E-state index contributed by atoms with van der Waals surface area (Å²) in [5.74, 6) is -1.39. The third kappa shape index (κ3) is 4.48. The predicted octanol–water partition coefficient (Wildman–Crippen LogP) is 4.69. The van der Waals surface area contributed by atoms with Crippen LogP contribution < -0.4 is 10.6 Å². The fourth-order valence-corrected chi connectivity index (χ4v) is 3.84. The molecule has 0 fully saturated rings. The molecule has 2 aromatic heterocycles. The Morgan fingerprint density at radius 3 is 2.64 bits per heavy atom. The van der Waals surface area contributed by atoms with Crippen molar-refractivity contribution in [2.45, 2.75) is 13.5 Å². The summed E-state index contributed by atoms with van der Waals surface area (Å²) in [6.07, 6.45) is 0. The molecule has 1 aromatic carbocycles. The van der Waals surface area contributed by atoms with Gasteiger partial charge in [-0.15, -0.1) is 11.3 Å². The Morgan fingerprint density at radius 1 is 1.08 bits per heavy atom. The molecule has 7 heteroatoms. The van der Waals surface area contributed by atoms with E-state index in [0.717, 1.165) is 21.6 Å². The zero-order valence-corrected chi connectivity index (χ0v) is 15.7. The van der Waals surface area contributed by atoms with Gasteiger partial charge in [0.2, 0.25) is 0 Å². The summed E-state index contributed by atoms with van der Waals surface area (Å²) in [6, 6.07) is 9.18. The highest BCUT2D eigenvalue weighted by Crippen LogP contribution is 2.27. The summed E-state index contributed by atoms with van der Waals surface area (Å²) >= 11 is 9.20. The fourth-order valence-electron chi connectivity index (χ4n) is 2.16. The van der Waals surface area contributed by atoms with Gasteiger partial charge in [-0.2, -0.15) is 11.3 Å². The Bertz CT molecular complexity index is 904. The van der Waals surface area contributed by atoms with E-state index in [0.29, 0.717) is 17.3 Å². The van der Waals surface area contributed by atoms with Crippen molar-refractivity contribution in [2.75, 3.05) is 5.32 Å². The van der Waals surface area contributed by atoms with E-state index in [1.165, 1.54) is 0 Å². The number of aryl methyl sites for hydroxylation is 1. The molecule has 0 aliphatic heterocycles. The van der Waals surface area contributed by atoms with Gasteiger partial charge in [0.1, 0.15) is 0 Å². The molecule has 2 N–H and O–H groups in total. The maximum atomic E-state index is 12.0. The van der Waals surface area contributed by atoms with Crippen molar-refractivity contribution >= 4 is 51.8 Å². The molecule has 128 valence electrons. The van der Waals surface area contributed by atoms with E-state index < -0.39 is 11.8 Å². The number of carbonyl (C=O) groups is 2. The third-order valence-corrected chi connectivity index (χ3v) is 5.59. The smallest absolute Gasteiger partial charge is 0.313 e. The first-order valence-corrected chi connectivity index (χ1v) is 9.68. The van der Waals surface area contributed by atoms with E-state index in [2.05, 4.69) is 22.1 Å². The summed E-state index contributed by atoms with van der Waals surface area (Å²) < 4.78 is 0. The highest BCUT2D eigenvalue weighted by Gasteiger charge is 2.14. The highest BCUT2D eigenvalue weighted by molar-refractivity contribution is 7.10. The second-order valence-electron chi connectivity index (χ2n) is 5.41. The van der Waals surface area contributed by atoms with Crippen molar-refractivity contribution in [2.24, 2.45) is 0 Å². The van der Waals surface area contributed by atoms with Crippen LogP contribution in [0.2, 0.25) is 5.02 Å². The maximum absolute atomic E-state index is 12.0. The van der Waals surface area contributed by atoms with Crippen LogP contribution in [0, 0.1) is 6.92 Å². The zero-order chi connectivity index (χ0) is 17.8. The van der Waals surface area contributed by atoms with Crippen molar-refractivity contribution in [1.82, 2.24) is 5.32 Å². The standard InChI is InChI=1S/C18H15ClN2O2S2/c1-11-2-3-14(7-16(11)19)21-18(23)17(22)20-8-15-6-13(10-25-15)12-4-5-24-9-12/h2-7,9-10H,8H2,1H3,(H,20,22)(H,21,23). The maximum Gasteiger partial charge on any atom is 0.313 e. The number of hydrogen-bond donors (Lipinski definition) is 2. The summed E-state index contributed by atoms with van der Waals surface area (Å²) in [7, 11) is 0. The lowest BCUT2D eigenvalue weighted by Gasteiger charge is -2.07. The minimum Gasteiger partial charge on any atom is -0.343 e. The largest absolute Gasteiger partial charge is 0.343 e. The predicted molar refractivity (Wildman–Crippen MR) is 104 cm³/mol. The van der Waals surface area contributed by atoms with Gasteiger partial charge in [-0.05, 0) is 64.0 Å². The zero-order valence-electron chi connectivity index (χ0n) is 13.3. The molecule has 0 unspecified atom stereocenters. The van der Waals surface area contributed by atoms with Gasteiger partial charge in [0, 0.05) is 15.6 Å². The molecule has 4 nitrogen and oxygen atoms in total. The van der Waals surface area contributed by atoms with Crippen molar-refractivity contribution in [3.05, 3.63) is 61.9 Å². The lowest BCUT2D eigenvalue weighted by atomic mass is 10.2. The van der Waals surface area contributed by atoms with Gasteiger partial charge >= 0.3 is 11.8 Å². The van der Waals surface area contributed by atoms with E-state index in [-0.39, 0.29) is 0 Å². The summed E-state index contributed by atoms with van der Waals surface area (Å²) in [5, 5.41) is 11.9. The Hall–Kier alpha value is -2.15. The Balaban J connectivity index is 1.55. The van der Waals surface area contributed by atoms with Crippen molar-refractivity contribution in [1.29, 1.82) is 0 Å². The average Bonchev–Trinajstić information content (AvgIpc) is 3.26. The molecule has 3 aromatic rings. The van der Waals surface area contributed by atoms with Crippen LogP contribution in [-0.4, -0.2) is 11.8 Å². The van der Waals surface area contributed by atoms with Crippen molar-refractivity contribution in [3.63, 3.8) is 0 Å². The number of hydrogen-bond acceptors (Lipinski definition) is 4. The van der Waals surface area contributed by atoms with Crippen LogP contribution in [-0.2, 0) is 16.1 Å². The molecule has 0 saturated heterocycles. The molecule has 0 atom stereocenters. The van der Waals surface area contributed by atoms with E-state index >= 15 is 0 Å². The molecule has 25 heavy (non-hydrogen) atoms. The molecule has 0 saturated carbocycles. The third-order valence-electron chi connectivity index (χ3n) is 3.57. The minimum absolute atomic E-state index is 0.315. The molecule has 0 aliphatic carbocycles. The second-order valence-corrected chi connectivity index (χ2v) is 7.60. The second kappa shape index (κ2) is 7.82. The Labute approximate surface area is 158 Å². The molecule has 2 heterocycles. The van der Waals surface area contributed by atoms with Crippen molar-refractivity contribution < 1.29 is 9.59 Å². The van der Waals surface area contributed by atoms with Crippen LogP contribution in [0.15, 0.2) is 46.5 Å². The Kier molecular flexibility index (Phi) is 5.53. The molecular formula is C18H15ClN2O2S2. The van der Waals surface area contributed by atoms with Gasteiger partial charge in [0.15, 0.2) is 0 Å². The van der Waals surface area contributed by atoms with Gasteiger partial charge in [-0.3, -0.25) is 9.59 Å². The molecule has 2 amide bonds.